The molecule has 146 valence electrons. The standard InChI is InChI=1S/C23H23N5O/c1-15-11-18-19(25-23(15)29)5-4-6-20(18)28-10-9-26(2)22-12-16(7-8-21(22)28)17-13-24-27(3)14-17/h4-8,11-14H,9-10H2,1-3H3,(H,25,29). The van der Waals surface area contributed by atoms with Crippen molar-refractivity contribution in [3.05, 3.63) is 70.8 Å². The third kappa shape index (κ3) is 2.88. The lowest BCUT2D eigenvalue weighted by molar-refractivity contribution is 0.768. The number of rotatable bonds is 2. The van der Waals surface area contributed by atoms with E-state index >= 15 is 0 Å². The molecular weight excluding hydrogens is 362 g/mol. The van der Waals surface area contributed by atoms with E-state index in [1.165, 1.54) is 11.4 Å². The molecule has 6 nitrogen and oxygen atoms in total. The van der Waals surface area contributed by atoms with Crippen molar-refractivity contribution in [3.63, 3.8) is 0 Å². The van der Waals surface area contributed by atoms with Crippen LogP contribution >= 0.6 is 0 Å². The zero-order valence-corrected chi connectivity index (χ0v) is 16.8. The summed E-state index contributed by atoms with van der Waals surface area (Å²) in [5.74, 6) is 0. The van der Waals surface area contributed by atoms with Gasteiger partial charge < -0.3 is 14.8 Å². The summed E-state index contributed by atoms with van der Waals surface area (Å²) in [5, 5.41) is 5.37. The van der Waals surface area contributed by atoms with Crippen molar-refractivity contribution in [2.24, 2.45) is 7.05 Å². The molecule has 3 heterocycles. The Bertz CT molecular complexity index is 1290. The Hall–Kier alpha value is -3.54. The van der Waals surface area contributed by atoms with Crippen molar-refractivity contribution in [2.75, 3.05) is 29.9 Å². The maximum Gasteiger partial charge on any atom is 0.251 e. The fourth-order valence-electron chi connectivity index (χ4n) is 4.10. The van der Waals surface area contributed by atoms with Crippen molar-refractivity contribution in [1.29, 1.82) is 0 Å². The zero-order chi connectivity index (χ0) is 20.1. The molecule has 2 aromatic heterocycles. The molecular formula is C23H23N5O. The maximum absolute atomic E-state index is 12.1. The lowest BCUT2D eigenvalue weighted by Gasteiger charge is -2.37. The van der Waals surface area contributed by atoms with Crippen molar-refractivity contribution < 1.29 is 0 Å². The molecule has 0 aliphatic carbocycles. The number of nitrogens with one attached hydrogen (secondary N) is 1. The van der Waals surface area contributed by atoms with E-state index in [4.69, 9.17) is 0 Å². The molecule has 0 spiro atoms. The van der Waals surface area contributed by atoms with Crippen LogP contribution in [0.1, 0.15) is 5.56 Å². The molecule has 1 aliphatic rings. The van der Waals surface area contributed by atoms with Gasteiger partial charge in [0, 0.05) is 49.9 Å². The highest BCUT2D eigenvalue weighted by Gasteiger charge is 2.23. The topological polar surface area (TPSA) is 57.2 Å². The van der Waals surface area contributed by atoms with E-state index in [-0.39, 0.29) is 5.56 Å². The second kappa shape index (κ2) is 6.51. The monoisotopic (exact) mass is 385 g/mol. The molecule has 1 N–H and O–H groups in total. The second-order valence-corrected chi connectivity index (χ2v) is 7.70. The Morgan fingerprint density at radius 3 is 2.62 bits per heavy atom. The third-order valence-corrected chi connectivity index (χ3v) is 5.72. The lowest BCUT2D eigenvalue weighted by Crippen LogP contribution is -2.36. The van der Waals surface area contributed by atoms with Gasteiger partial charge in [-0.2, -0.15) is 5.10 Å². The third-order valence-electron chi connectivity index (χ3n) is 5.72. The first-order valence-electron chi connectivity index (χ1n) is 9.75. The molecule has 0 saturated heterocycles. The summed E-state index contributed by atoms with van der Waals surface area (Å²) in [4.78, 5) is 19.7. The number of anilines is 3. The van der Waals surface area contributed by atoms with Crippen LogP contribution in [0.2, 0.25) is 0 Å². The van der Waals surface area contributed by atoms with Gasteiger partial charge in [-0.15, -0.1) is 0 Å². The molecule has 5 rings (SSSR count). The first-order chi connectivity index (χ1) is 14.0. The number of aromatic amines is 1. The molecule has 0 radical (unpaired) electrons. The number of hydrogen-bond acceptors (Lipinski definition) is 4. The minimum Gasteiger partial charge on any atom is -0.371 e. The van der Waals surface area contributed by atoms with E-state index in [1.54, 1.807) is 0 Å². The molecule has 0 fully saturated rings. The smallest absolute Gasteiger partial charge is 0.251 e. The maximum atomic E-state index is 12.1. The SMILES string of the molecule is Cc1cc2c(N3CCN(C)c4cc(-c5cnn(C)c5)ccc43)cccc2[nH]c1=O. The van der Waals surface area contributed by atoms with E-state index in [1.807, 2.05) is 49.2 Å². The summed E-state index contributed by atoms with van der Waals surface area (Å²) in [7, 11) is 4.07. The highest BCUT2D eigenvalue weighted by molar-refractivity contribution is 5.96. The highest BCUT2D eigenvalue weighted by Crippen LogP contribution is 2.41. The van der Waals surface area contributed by atoms with E-state index in [0.29, 0.717) is 0 Å². The Kier molecular flexibility index (Phi) is 3.94. The normalized spacial score (nSPS) is 13.8. The molecule has 0 unspecified atom stereocenters. The number of benzene rings is 2. The molecule has 6 heteroatoms. The number of aryl methyl sites for hydroxylation is 2. The van der Waals surface area contributed by atoms with Crippen molar-refractivity contribution in [3.8, 4) is 11.1 Å². The minimum atomic E-state index is -0.0328. The fourth-order valence-corrected chi connectivity index (χ4v) is 4.10. The van der Waals surface area contributed by atoms with Gasteiger partial charge >= 0.3 is 0 Å². The average molecular weight is 385 g/mol. The summed E-state index contributed by atoms with van der Waals surface area (Å²) >= 11 is 0. The Labute approximate surface area is 169 Å². The van der Waals surface area contributed by atoms with Gasteiger partial charge in [0.2, 0.25) is 0 Å². The van der Waals surface area contributed by atoms with Gasteiger partial charge in [0.25, 0.3) is 5.56 Å². The number of pyridine rings is 1. The zero-order valence-electron chi connectivity index (χ0n) is 16.8. The van der Waals surface area contributed by atoms with Gasteiger partial charge in [-0.25, -0.2) is 0 Å². The van der Waals surface area contributed by atoms with Crippen LogP contribution in [0.4, 0.5) is 17.1 Å². The number of H-pyrrole nitrogens is 1. The molecule has 2 aromatic carbocycles. The molecule has 4 aromatic rings. The summed E-state index contributed by atoms with van der Waals surface area (Å²) in [5.41, 5.74) is 7.30. The van der Waals surface area contributed by atoms with Crippen LogP contribution < -0.4 is 15.4 Å². The van der Waals surface area contributed by atoms with Crippen molar-refractivity contribution in [1.82, 2.24) is 14.8 Å². The molecule has 0 bridgehead atoms. The van der Waals surface area contributed by atoms with Crippen molar-refractivity contribution in [2.45, 2.75) is 6.92 Å². The van der Waals surface area contributed by atoms with E-state index in [2.05, 4.69) is 51.2 Å². The number of hydrogen-bond donors (Lipinski definition) is 1. The van der Waals surface area contributed by atoms with Gasteiger partial charge in [0.05, 0.1) is 28.8 Å². The predicted octanol–water partition coefficient (Wildman–Crippen LogP) is 3.82. The fraction of sp³-hybridized carbons (Fsp3) is 0.217. The largest absolute Gasteiger partial charge is 0.371 e. The Morgan fingerprint density at radius 2 is 1.83 bits per heavy atom. The van der Waals surface area contributed by atoms with Gasteiger partial charge in [-0.3, -0.25) is 9.48 Å². The first kappa shape index (κ1) is 17.6. The van der Waals surface area contributed by atoms with Gasteiger partial charge in [-0.05, 0) is 42.8 Å². The Balaban J connectivity index is 1.66. The number of likely N-dealkylation sites (N-methyl/N-ethyl adjacent to an activating group) is 1. The molecule has 0 amide bonds. The van der Waals surface area contributed by atoms with Crippen molar-refractivity contribution >= 4 is 28.0 Å². The van der Waals surface area contributed by atoms with Gasteiger partial charge in [0.1, 0.15) is 0 Å². The number of aromatic nitrogens is 3. The van der Waals surface area contributed by atoms with Crippen LogP contribution in [0.15, 0.2) is 59.7 Å². The van der Waals surface area contributed by atoms with Crippen LogP contribution in [0.25, 0.3) is 22.0 Å². The van der Waals surface area contributed by atoms with Crippen LogP contribution in [-0.2, 0) is 7.05 Å². The molecule has 0 saturated carbocycles. The Morgan fingerprint density at radius 1 is 0.966 bits per heavy atom. The summed E-state index contributed by atoms with van der Waals surface area (Å²) in [6.07, 6.45) is 3.93. The lowest BCUT2D eigenvalue weighted by atomic mass is 10.0. The second-order valence-electron chi connectivity index (χ2n) is 7.70. The molecule has 29 heavy (non-hydrogen) atoms. The summed E-state index contributed by atoms with van der Waals surface area (Å²) in [6.45, 7) is 3.66. The van der Waals surface area contributed by atoms with Crippen LogP contribution in [0.3, 0.4) is 0 Å². The van der Waals surface area contributed by atoms with Gasteiger partial charge in [-0.1, -0.05) is 12.1 Å². The van der Waals surface area contributed by atoms with E-state index in [9.17, 15) is 4.79 Å². The van der Waals surface area contributed by atoms with Crippen LogP contribution in [0.5, 0.6) is 0 Å². The van der Waals surface area contributed by atoms with E-state index in [0.717, 1.165) is 46.4 Å². The van der Waals surface area contributed by atoms with Gasteiger partial charge in [0.15, 0.2) is 0 Å². The predicted molar refractivity (Wildman–Crippen MR) is 118 cm³/mol. The average Bonchev–Trinajstić information content (AvgIpc) is 3.15. The summed E-state index contributed by atoms with van der Waals surface area (Å²) in [6, 6.07) is 14.7. The quantitative estimate of drug-likeness (QED) is 0.570. The van der Waals surface area contributed by atoms with E-state index < -0.39 is 0 Å². The summed E-state index contributed by atoms with van der Waals surface area (Å²) < 4.78 is 1.82. The number of fused-ring (bicyclic) bond motifs is 2. The number of nitrogens with zero attached hydrogens (tertiary/aromatic N) is 4. The molecule has 0 atom stereocenters. The van der Waals surface area contributed by atoms with Crippen LogP contribution in [-0.4, -0.2) is 34.9 Å². The highest BCUT2D eigenvalue weighted by atomic mass is 16.1. The first-order valence-corrected chi connectivity index (χ1v) is 9.75. The minimum absolute atomic E-state index is 0.0328. The molecule has 1 aliphatic heterocycles. The van der Waals surface area contributed by atoms with Crippen LogP contribution in [0, 0.1) is 6.92 Å².